The van der Waals surface area contributed by atoms with Crippen molar-refractivity contribution in [1.29, 1.82) is 0 Å². The zero-order valence-electron chi connectivity index (χ0n) is 17.2. The van der Waals surface area contributed by atoms with E-state index < -0.39 is 0 Å². The zero-order chi connectivity index (χ0) is 20.4. The van der Waals surface area contributed by atoms with E-state index >= 15 is 0 Å². The van der Waals surface area contributed by atoms with Crippen LogP contribution in [0.4, 0.5) is 0 Å². The molecule has 4 rings (SSSR count). The SMILES string of the molecule is COc1ccc(CC(=O)N[C@H]2CCCc3c2cnn3-c2cc(C)cc(C)c2)cc1. The summed E-state index contributed by atoms with van der Waals surface area (Å²) in [6.45, 7) is 4.21. The lowest BCUT2D eigenvalue weighted by molar-refractivity contribution is -0.121. The summed E-state index contributed by atoms with van der Waals surface area (Å²) in [5.74, 6) is 0.831. The summed E-state index contributed by atoms with van der Waals surface area (Å²) in [5.41, 5.74) is 6.86. The molecule has 1 atom stereocenters. The molecule has 29 heavy (non-hydrogen) atoms. The number of carbonyl (C=O) groups is 1. The quantitative estimate of drug-likeness (QED) is 0.710. The highest BCUT2D eigenvalue weighted by Crippen LogP contribution is 2.31. The molecule has 0 bridgehead atoms. The second kappa shape index (κ2) is 8.11. The number of ether oxygens (including phenoxy) is 1. The molecular formula is C24H27N3O2. The molecular weight excluding hydrogens is 362 g/mol. The van der Waals surface area contributed by atoms with Gasteiger partial charge in [0.25, 0.3) is 0 Å². The van der Waals surface area contributed by atoms with E-state index in [1.54, 1.807) is 7.11 Å². The van der Waals surface area contributed by atoms with Gasteiger partial charge in [-0.05, 0) is 74.1 Å². The van der Waals surface area contributed by atoms with E-state index in [2.05, 4.69) is 42.5 Å². The number of aromatic nitrogens is 2. The summed E-state index contributed by atoms with van der Waals surface area (Å²) in [4.78, 5) is 12.6. The number of hydrogen-bond donors (Lipinski definition) is 1. The Bertz CT molecular complexity index is 1000. The van der Waals surface area contributed by atoms with E-state index in [1.165, 1.54) is 16.8 Å². The van der Waals surface area contributed by atoms with Crippen LogP contribution in [-0.4, -0.2) is 22.8 Å². The minimum Gasteiger partial charge on any atom is -0.497 e. The lowest BCUT2D eigenvalue weighted by atomic mass is 9.92. The Kier molecular flexibility index (Phi) is 5.38. The molecule has 1 aromatic heterocycles. The number of carbonyl (C=O) groups excluding carboxylic acids is 1. The van der Waals surface area contributed by atoms with Crippen LogP contribution in [-0.2, 0) is 17.6 Å². The van der Waals surface area contributed by atoms with E-state index in [1.807, 2.05) is 35.1 Å². The molecule has 1 aliphatic rings. The average molecular weight is 389 g/mol. The number of benzene rings is 2. The van der Waals surface area contributed by atoms with E-state index in [0.717, 1.165) is 41.8 Å². The normalized spacial score (nSPS) is 15.6. The number of aryl methyl sites for hydroxylation is 2. The van der Waals surface area contributed by atoms with Crippen LogP contribution in [0, 0.1) is 13.8 Å². The summed E-state index contributed by atoms with van der Waals surface area (Å²) in [6, 6.07) is 14.1. The van der Waals surface area contributed by atoms with E-state index in [9.17, 15) is 4.79 Å². The van der Waals surface area contributed by atoms with Gasteiger partial charge in [-0.1, -0.05) is 18.2 Å². The summed E-state index contributed by atoms with van der Waals surface area (Å²) < 4.78 is 7.22. The van der Waals surface area contributed by atoms with Crippen molar-refractivity contribution >= 4 is 5.91 Å². The highest BCUT2D eigenvalue weighted by Gasteiger charge is 2.26. The van der Waals surface area contributed by atoms with Gasteiger partial charge in [-0.2, -0.15) is 5.10 Å². The summed E-state index contributed by atoms with van der Waals surface area (Å²) >= 11 is 0. The van der Waals surface area contributed by atoms with Crippen LogP contribution in [0.2, 0.25) is 0 Å². The molecule has 150 valence electrons. The molecule has 1 aliphatic carbocycles. The molecule has 5 heteroatoms. The Labute approximate surface area is 171 Å². The van der Waals surface area contributed by atoms with E-state index in [-0.39, 0.29) is 11.9 Å². The van der Waals surface area contributed by atoms with Crippen molar-refractivity contribution in [3.05, 3.63) is 76.6 Å². The molecule has 0 fully saturated rings. The maximum absolute atomic E-state index is 12.6. The number of nitrogens with zero attached hydrogens (tertiary/aromatic N) is 2. The highest BCUT2D eigenvalue weighted by molar-refractivity contribution is 5.79. The first kappa shape index (κ1) is 19.2. The predicted molar refractivity (Wildman–Crippen MR) is 114 cm³/mol. The van der Waals surface area contributed by atoms with Crippen molar-refractivity contribution in [2.24, 2.45) is 0 Å². The molecule has 2 aromatic carbocycles. The van der Waals surface area contributed by atoms with Crippen LogP contribution < -0.4 is 10.1 Å². The molecule has 0 saturated carbocycles. The van der Waals surface area contributed by atoms with E-state index in [0.29, 0.717) is 6.42 Å². The van der Waals surface area contributed by atoms with E-state index in [4.69, 9.17) is 4.74 Å². The van der Waals surface area contributed by atoms with Crippen LogP contribution in [0.25, 0.3) is 5.69 Å². The van der Waals surface area contributed by atoms with Gasteiger partial charge in [0, 0.05) is 11.3 Å². The van der Waals surface area contributed by atoms with Crippen molar-refractivity contribution in [3.63, 3.8) is 0 Å². The maximum Gasteiger partial charge on any atom is 0.224 e. The van der Waals surface area contributed by atoms with Crippen molar-refractivity contribution in [1.82, 2.24) is 15.1 Å². The molecule has 0 radical (unpaired) electrons. The van der Waals surface area contributed by atoms with Gasteiger partial charge in [0.15, 0.2) is 0 Å². The molecule has 0 saturated heterocycles. The Hall–Kier alpha value is -3.08. The fourth-order valence-electron chi connectivity index (χ4n) is 4.18. The average Bonchev–Trinajstić information content (AvgIpc) is 3.13. The largest absolute Gasteiger partial charge is 0.497 e. The third kappa shape index (κ3) is 4.19. The minimum absolute atomic E-state index is 0.0177. The lowest BCUT2D eigenvalue weighted by Gasteiger charge is -2.24. The Morgan fingerprint density at radius 2 is 1.90 bits per heavy atom. The van der Waals surface area contributed by atoms with Crippen molar-refractivity contribution < 1.29 is 9.53 Å². The highest BCUT2D eigenvalue weighted by atomic mass is 16.5. The number of hydrogen-bond acceptors (Lipinski definition) is 3. The molecule has 1 heterocycles. The topological polar surface area (TPSA) is 56.1 Å². The van der Waals surface area contributed by atoms with Gasteiger partial charge in [-0.25, -0.2) is 4.68 Å². The first-order valence-corrected chi connectivity index (χ1v) is 10.1. The molecule has 0 aliphatic heterocycles. The maximum atomic E-state index is 12.6. The minimum atomic E-state index is 0.0177. The van der Waals surface area contributed by atoms with Gasteiger partial charge in [-0.15, -0.1) is 0 Å². The van der Waals surface area contributed by atoms with Crippen molar-refractivity contribution in [2.75, 3.05) is 7.11 Å². The molecule has 0 spiro atoms. The van der Waals surface area contributed by atoms with Gasteiger partial charge >= 0.3 is 0 Å². The van der Waals surface area contributed by atoms with Crippen LogP contribution >= 0.6 is 0 Å². The number of rotatable bonds is 5. The molecule has 5 nitrogen and oxygen atoms in total. The third-order valence-electron chi connectivity index (χ3n) is 5.49. The summed E-state index contributed by atoms with van der Waals surface area (Å²) in [5, 5.41) is 7.88. The monoisotopic (exact) mass is 389 g/mol. The second-order valence-corrected chi connectivity index (χ2v) is 7.84. The molecule has 3 aromatic rings. The van der Waals surface area contributed by atoms with Gasteiger partial charge in [-0.3, -0.25) is 4.79 Å². The molecule has 1 amide bonds. The first-order valence-electron chi connectivity index (χ1n) is 10.1. The van der Waals surface area contributed by atoms with Crippen LogP contribution in [0.5, 0.6) is 5.75 Å². The summed E-state index contributed by atoms with van der Waals surface area (Å²) in [6.07, 6.45) is 5.25. The zero-order valence-corrected chi connectivity index (χ0v) is 17.2. The Morgan fingerprint density at radius 1 is 1.17 bits per heavy atom. The van der Waals surface area contributed by atoms with Crippen molar-refractivity contribution in [2.45, 2.75) is 45.6 Å². The molecule has 1 N–H and O–H groups in total. The fourth-order valence-corrected chi connectivity index (χ4v) is 4.18. The standard InChI is InChI=1S/C24H27N3O2/c1-16-11-17(2)13-19(12-16)27-23-6-4-5-22(21(23)15-25-27)26-24(28)14-18-7-9-20(29-3)10-8-18/h7-13,15,22H,4-6,14H2,1-3H3,(H,26,28)/t22-/m0/s1. The number of methoxy groups -OCH3 is 1. The Balaban J connectivity index is 1.51. The first-order chi connectivity index (χ1) is 14.0. The van der Waals surface area contributed by atoms with Crippen molar-refractivity contribution in [3.8, 4) is 11.4 Å². The van der Waals surface area contributed by atoms with Gasteiger partial charge < -0.3 is 10.1 Å². The van der Waals surface area contributed by atoms with Gasteiger partial charge in [0.2, 0.25) is 5.91 Å². The Morgan fingerprint density at radius 3 is 2.59 bits per heavy atom. The van der Waals surface area contributed by atoms with Crippen LogP contribution in [0.1, 0.15) is 46.8 Å². The number of amides is 1. The van der Waals surface area contributed by atoms with Crippen LogP contribution in [0.3, 0.4) is 0 Å². The smallest absolute Gasteiger partial charge is 0.224 e. The summed E-state index contributed by atoms with van der Waals surface area (Å²) in [7, 11) is 1.64. The predicted octanol–water partition coefficient (Wildman–Crippen LogP) is 4.23. The number of nitrogens with one attached hydrogen (secondary N) is 1. The second-order valence-electron chi connectivity index (χ2n) is 7.84. The number of fused-ring (bicyclic) bond motifs is 1. The third-order valence-corrected chi connectivity index (χ3v) is 5.49. The molecule has 0 unspecified atom stereocenters. The van der Waals surface area contributed by atoms with Gasteiger partial charge in [0.1, 0.15) is 5.75 Å². The van der Waals surface area contributed by atoms with Gasteiger partial charge in [0.05, 0.1) is 31.5 Å². The van der Waals surface area contributed by atoms with Crippen LogP contribution in [0.15, 0.2) is 48.7 Å². The lowest BCUT2D eigenvalue weighted by Crippen LogP contribution is -2.32. The fraction of sp³-hybridized carbons (Fsp3) is 0.333.